The van der Waals surface area contributed by atoms with Gasteiger partial charge in [0.25, 0.3) is 0 Å². The summed E-state index contributed by atoms with van der Waals surface area (Å²) in [6.07, 6.45) is 11.7. The molecule has 0 saturated heterocycles. The molecule has 3 nitrogen and oxygen atoms in total. The van der Waals surface area contributed by atoms with Crippen molar-refractivity contribution in [3.8, 4) is 0 Å². The number of rotatable bonds is 3. The van der Waals surface area contributed by atoms with E-state index in [-0.39, 0.29) is 33.0 Å². The lowest BCUT2D eigenvalue weighted by Crippen LogP contribution is -2.67. The molecule has 0 radical (unpaired) electrons. The second-order valence-corrected chi connectivity index (χ2v) is 16.1. The van der Waals surface area contributed by atoms with Crippen LogP contribution in [0.5, 0.6) is 0 Å². The molecule has 0 spiro atoms. The van der Waals surface area contributed by atoms with Crippen molar-refractivity contribution in [2.45, 2.75) is 99.3 Å². The number of esters is 1. The Balaban J connectivity index is 1.42. The summed E-state index contributed by atoms with van der Waals surface area (Å²) < 4.78 is 5.54. The first kappa shape index (κ1) is 28.9. The second-order valence-electron chi connectivity index (χ2n) is 16.1. The average molecular weight is 557 g/mol. The monoisotopic (exact) mass is 556 g/mol. The summed E-state index contributed by atoms with van der Waals surface area (Å²) in [4.78, 5) is 27.5. The Morgan fingerprint density at radius 2 is 1.61 bits per heavy atom. The molecule has 0 heterocycles. The number of carbonyl (C=O) groups is 2. The summed E-state index contributed by atoms with van der Waals surface area (Å²) in [7, 11) is 1.59. The van der Waals surface area contributed by atoms with E-state index in [9.17, 15) is 9.59 Å². The lowest BCUT2D eigenvalue weighted by Gasteiger charge is -2.72. The largest absolute Gasteiger partial charge is 0.469 e. The molecule has 222 valence electrons. The topological polar surface area (TPSA) is 43.4 Å². The van der Waals surface area contributed by atoms with Gasteiger partial charge in [-0.25, -0.2) is 0 Å². The van der Waals surface area contributed by atoms with Gasteiger partial charge in [-0.05, 0) is 128 Å². The van der Waals surface area contributed by atoms with Crippen molar-refractivity contribution in [2.75, 3.05) is 7.11 Å². The Hall–Kier alpha value is -2.16. The summed E-state index contributed by atoms with van der Waals surface area (Å²) >= 11 is 0. The highest BCUT2D eigenvalue weighted by Crippen LogP contribution is 2.77. The zero-order valence-corrected chi connectivity index (χ0v) is 26.6. The highest BCUT2D eigenvalue weighted by molar-refractivity contribution is 6.04. The van der Waals surface area contributed by atoms with E-state index in [0.717, 1.165) is 49.7 Å². The first-order chi connectivity index (χ1) is 19.3. The molecule has 0 N–H and O–H groups in total. The SMILES string of the molecule is C=C(C)[C@H]1CC[C@]2(C(=O)OC)CC[C@]3(C)[C@H](CC[C@H]4[C@@]5(C)C/C(=C/c6ccccc6)C(=O)C(C)(C)[C@H]5CC[C@@]43C)[C@@H]12. The number of Topliss-reactive ketones (excluding diaryl/α,β-unsaturated/α-hetero) is 1. The standard InChI is InChI=1S/C38H52O3/c1-24(2)27-16-19-38(33(40)41-8)21-20-36(6)28(31(27)38)14-15-30-35(5)23-26(22-25-12-10-9-11-13-25)32(39)34(3,4)29(35)17-18-37(30,36)7/h9-13,22,27-31H,1,14-21,23H2,2-8H3/b26-22-/t27-,28-,29-,30+,31-,35+,36-,37+,38+/m1/s1. The maximum absolute atomic E-state index is 14.0. The Morgan fingerprint density at radius 3 is 2.27 bits per heavy atom. The molecule has 0 amide bonds. The number of allylic oxidation sites excluding steroid dienone is 2. The molecule has 5 aliphatic rings. The van der Waals surface area contributed by atoms with Gasteiger partial charge in [-0.3, -0.25) is 9.59 Å². The van der Waals surface area contributed by atoms with Gasteiger partial charge in [0.15, 0.2) is 5.78 Å². The number of ketones is 1. The maximum atomic E-state index is 14.0. The summed E-state index contributed by atoms with van der Waals surface area (Å²) in [5.41, 5.74) is 3.06. The Labute approximate surface area is 248 Å². The molecular weight excluding hydrogens is 504 g/mol. The van der Waals surface area contributed by atoms with Crippen LogP contribution < -0.4 is 0 Å². The van der Waals surface area contributed by atoms with Crippen molar-refractivity contribution in [1.29, 1.82) is 0 Å². The minimum atomic E-state index is -0.365. The van der Waals surface area contributed by atoms with E-state index in [0.29, 0.717) is 35.4 Å². The molecule has 3 heteroatoms. The van der Waals surface area contributed by atoms with Crippen molar-refractivity contribution in [3.05, 3.63) is 53.6 Å². The molecule has 5 fully saturated rings. The maximum Gasteiger partial charge on any atom is 0.312 e. The summed E-state index contributed by atoms with van der Waals surface area (Å²) in [5, 5.41) is 0. The van der Waals surface area contributed by atoms with Gasteiger partial charge in [0.1, 0.15) is 0 Å². The molecule has 0 aromatic heterocycles. The van der Waals surface area contributed by atoms with Crippen LogP contribution in [0.4, 0.5) is 0 Å². The van der Waals surface area contributed by atoms with Crippen LogP contribution in [0.2, 0.25) is 0 Å². The van der Waals surface area contributed by atoms with Crippen LogP contribution in [0.3, 0.4) is 0 Å². The highest BCUT2D eigenvalue weighted by Gasteiger charge is 2.72. The summed E-state index contributed by atoms with van der Waals surface area (Å²) in [6.45, 7) is 18.9. The molecule has 41 heavy (non-hydrogen) atoms. The summed E-state index contributed by atoms with van der Waals surface area (Å²) in [5.74, 6) is 2.55. The van der Waals surface area contributed by atoms with E-state index in [1.54, 1.807) is 7.11 Å². The van der Waals surface area contributed by atoms with E-state index in [1.165, 1.54) is 24.8 Å². The molecule has 0 bridgehead atoms. The van der Waals surface area contributed by atoms with E-state index in [1.807, 2.05) is 6.07 Å². The quantitative estimate of drug-likeness (QED) is 0.212. The zero-order valence-electron chi connectivity index (χ0n) is 26.6. The molecule has 5 saturated carbocycles. The van der Waals surface area contributed by atoms with Gasteiger partial charge in [-0.1, -0.05) is 77.1 Å². The third-order valence-corrected chi connectivity index (χ3v) is 14.4. The molecule has 0 aliphatic heterocycles. The predicted octanol–water partition coefficient (Wildman–Crippen LogP) is 9.08. The number of hydrogen-bond acceptors (Lipinski definition) is 3. The first-order valence-corrected chi connectivity index (χ1v) is 16.3. The molecule has 0 unspecified atom stereocenters. The van der Waals surface area contributed by atoms with Crippen molar-refractivity contribution in [2.24, 2.45) is 56.7 Å². The third-order valence-electron chi connectivity index (χ3n) is 14.4. The van der Waals surface area contributed by atoms with E-state index in [4.69, 9.17) is 4.74 Å². The molecule has 9 atom stereocenters. The van der Waals surface area contributed by atoms with Gasteiger partial charge in [-0.2, -0.15) is 0 Å². The van der Waals surface area contributed by atoms with Crippen molar-refractivity contribution >= 4 is 17.8 Å². The van der Waals surface area contributed by atoms with Crippen molar-refractivity contribution in [3.63, 3.8) is 0 Å². The van der Waals surface area contributed by atoms with E-state index in [2.05, 4.69) is 78.5 Å². The normalized spacial score (nSPS) is 45.7. The van der Waals surface area contributed by atoms with Gasteiger partial charge in [-0.15, -0.1) is 0 Å². The Kier molecular flexibility index (Phi) is 6.65. The minimum Gasteiger partial charge on any atom is -0.469 e. The Bertz CT molecular complexity index is 1290. The van der Waals surface area contributed by atoms with Crippen LogP contribution in [0.15, 0.2) is 48.1 Å². The fraction of sp³-hybridized carbons (Fsp3) is 0.684. The third kappa shape index (κ3) is 3.75. The predicted molar refractivity (Wildman–Crippen MR) is 166 cm³/mol. The van der Waals surface area contributed by atoms with Crippen LogP contribution in [0.1, 0.15) is 105 Å². The minimum absolute atomic E-state index is 0.0273. The van der Waals surface area contributed by atoms with Crippen molar-refractivity contribution < 1.29 is 14.3 Å². The fourth-order valence-corrected chi connectivity index (χ4v) is 12.4. The number of benzene rings is 1. The number of ether oxygens (including phenoxy) is 1. The molecule has 6 rings (SSSR count). The van der Waals surface area contributed by atoms with Gasteiger partial charge in [0, 0.05) is 5.41 Å². The smallest absolute Gasteiger partial charge is 0.312 e. The summed E-state index contributed by atoms with van der Waals surface area (Å²) in [6, 6.07) is 10.4. The number of methoxy groups -OCH3 is 1. The molecular formula is C38H52O3. The van der Waals surface area contributed by atoms with Gasteiger partial charge >= 0.3 is 5.97 Å². The van der Waals surface area contributed by atoms with E-state index >= 15 is 0 Å². The van der Waals surface area contributed by atoms with Gasteiger partial charge in [0.2, 0.25) is 0 Å². The first-order valence-electron chi connectivity index (χ1n) is 16.3. The van der Waals surface area contributed by atoms with E-state index < -0.39 is 0 Å². The number of fused-ring (bicyclic) bond motifs is 7. The van der Waals surface area contributed by atoms with Crippen molar-refractivity contribution in [1.82, 2.24) is 0 Å². The lowest BCUT2D eigenvalue weighted by atomic mass is 9.32. The fourth-order valence-electron chi connectivity index (χ4n) is 12.4. The highest BCUT2D eigenvalue weighted by atomic mass is 16.5. The molecule has 5 aliphatic carbocycles. The van der Waals surface area contributed by atoms with Crippen LogP contribution in [-0.4, -0.2) is 18.9 Å². The number of hydrogen-bond donors (Lipinski definition) is 0. The number of carbonyl (C=O) groups excluding carboxylic acids is 2. The van der Waals surface area contributed by atoms with Crippen LogP contribution >= 0.6 is 0 Å². The zero-order chi connectivity index (χ0) is 29.6. The molecule has 1 aromatic rings. The second kappa shape index (κ2) is 9.42. The molecule has 1 aromatic carbocycles. The van der Waals surface area contributed by atoms with Gasteiger partial charge < -0.3 is 4.74 Å². The average Bonchev–Trinajstić information content (AvgIpc) is 3.33. The van der Waals surface area contributed by atoms with Crippen LogP contribution in [-0.2, 0) is 14.3 Å². The van der Waals surface area contributed by atoms with Crippen LogP contribution in [0, 0.1) is 56.7 Å². The van der Waals surface area contributed by atoms with Crippen LogP contribution in [0.25, 0.3) is 6.08 Å². The van der Waals surface area contributed by atoms with Gasteiger partial charge in [0.05, 0.1) is 12.5 Å². The lowest BCUT2D eigenvalue weighted by molar-refractivity contribution is -0.232. The Morgan fingerprint density at radius 1 is 0.902 bits per heavy atom.